The van der Waals surface area contributed by atoms with Gasteiger partial charge in [-0.1, -0.05) is 19.4 Å². The zero-order valence-electron chi connectivity index (χ0n) is 10.9. The fraction of sp³-hybridized carbons (Fsp3) is 0.769. The molecule has 1 N–H and O–H groups in total. The molecule has 5 atom stereocenters. The Morgan fingerprint density at radius 3 is 2.65 bits per heavy atom. The van der Waals surface area contributed by atoms with Crippen LogP contribution in [0.5, 0.6) is 0 Å². The molecule has 0 radical (unpaired) electrons. The molecule has 3 nitrogen and oxygen atoms in total. The van der Waals surface area contributed by atoms with E-state index in [1.54, 1.807) is 0 Å². The number of ether oxygens (including phenoxy) is 1. The molecule has 7 heteroatoms. The maximum absolute atomic E-state index is 13.0. The van der Waals surface area contributed by atoms with E-state index in [9.17, 15) is 18.0 Å². The highest BCUT2D eigenvalue weighted by atomic mass is 35.5. The van der Waals surface area contributed by atoms with E-state index in [2.05, 4.69) is 0 Å². The first kappa shape index (κ1) is 15.6. The van der Waals surface area contributed by atoms with Gasteiger partial charge in [-0.15, -0.1) is 11.6 Å². The van der Waals surface area contributed by atoms with E-state index >= 15 is 0 Å². The fourth-order valence-corrected chi connectivity index (χ4v) is 3.53. The Kier molecular flexibility index (Phi) is 4.35. The van der Waals surface area contributed by atoms with Crippen LogP contribution in [0.1, 0.15) is 26.2 Å². The number of carboxylic acid groups (broad SMARTS) is 1. The van der Waals surface area contributed by atoms with Gasteiger partial charge in [-0.3, -0.25) is 0 Å². The van der Waals surface area contributed by atoms with Crippen LogP contribution in [-0.4, -0.2) is 34.8 Å². The number of carbonyl (C=O) groups is 1. The molecule has 0 spiro atoms. The van der Waals surface area contributed by atoms with E-state index in [1.807, 2.05) is 6.92 Å². The molecule has 1 aliphatic carbocycles. The van der Waals surface area contributed by atoms with E-state index in [4.69, 9.17) is 21.4 Å². The Morgan fingerprint density at radius 1 is 1.50 bits per heavy atom. The maximum atomic E-state index is 13.0. The third-order valence-electron chi connectivity index (χ3n) is 4.01. The van der Waals surface area contributed by atoms with Crippen LogP contribution >= 0.6 is 11.6 Å². The van der Waals surface area contributed by atoms with E-state index in [0.29, 0.717) is 19.3 Å². The molecule has 1 aliphatic heterocycles. The summed E-state index contributed by atoms with van der Waals surface area (Å²) in [7, 11) is 0. The van der Waals surface area contributed by atoms with Crippen molar-refractivity contribution >= 4 is 17.6 Å². The molecule has 114 valence electrons. The number of hydrogen-bond donors (Lipinski definition) is 1. The molecule has 0 aromatic rings. The van der Waals surface area contributed by atoms with Gasteiger partial charge >= 0.3 is 12.1 Å². The molecule has 2 rings (SSSR count). The number of carboxylic acids is 1. The molecule has 1 fully saturated rings. The van der Waals surface area contributed by atoms with Crippen LogP contribution in [0.25, 0.3) is 0 Å². The third kappa shape index (κ3) is 2.96. The second-order valence-corrected chi connectivity index (χ2v) is 5.97. The maximum Gasteiger partial charge on any atom is 0.419 e. The Balaban J connectivity index is 2.35. The average molecular weight is 313 g/mol. The predicted octanol–water partition coefficient (Wildman–Crippen LogP) is 3.37. The highest BCUT2D eigenvalue weighted by molar-refractivity contribution is 6.20. The monoisotopic (exact) mass is 312 g/mol. The molecule has 1 saturated carbocycles. The van der Waals surface area contributed by atoms with Crippen molar-refractivity contribution in [2.75, 3.05) is 0 Å². The van der Waals surface area contributed by atoms with Gasteiger partial charge in [0, 0.05) is 11.3 Å². The zero-order chi connectivity index (χ0) is 15.1. The topological polar surface area (TPSA) is 46.5 Å². The third-order valence-corrected chi connectivity index (χ3v) is 4.37. The van der Waals surface area contributed by atoms with Gasteiger partial charge in [0.25, 0.3) is 0 Å². The Hall–Kier alpha value is -0.750. The lowest BCUT2D eigenvalue weighted by atomic mass is 9.74. The molecule has 0 amide bonds. The minimum Gasteiger partial charge on any atom is -0.478 e. The summed E-state index contributed by atoms with van der Waals surface area (Å²) in [5, 5.41) is 8.82. The molecule has 1 heterocycles. The van der Waals surface area contributed by atoms with Crippen LogP contribution in [-0.2, 0) is 9.53 Å². The molecular weight excluding hydrogens is 297 g/mol. The Bertz CT molecular complexity index is 422. The van der Waals surface area contributed by atoms with Crippen LogP contribution in [0.3, 0.4) is 0 Å². The summed E-state index contributed by atoms with van der Waals surface area (Å²) < 4.78 is 44.0. The predicted molar refractivity (Wildman–Crippen MR) is 66.6 cm³/mol. The molecule has 0 aromatic carbocycles. The lowest BCUT2D eigenvalue weighted by Crippen LogP contribution is -2.49. The summed E-state index contributed by atoms with van der Waals surface area (Å²) in [6, 6.07) is 0. The first-order chi connectivity index (χ1) is 9.24. The summed E-state index contributed by atoms with van der Waals surface area (Å²) in [4.78, 5) is 11.0. The van der Waals surface area contributed by atoms with Crippen molar-refractivity contribution in [3.8, 4) is 0 Å². The smallest absolute Gasteiger partial charge is 0.419 e. The van der Waals surface area contributed by atoms with Crippen LogP contribution in [0.15, 0.2) is 11.6 Å². The van der Waals surface area contributed by atoms with Gasteiger partial charge in [-0.05, 0) is 18.8 Å². The normalized spacial score (nSPS) is 38.0. The lowest BCUT2D eigenvalue weighted by molar-refractivity contribution is -0.238. The second kappa shape index (κ2) is 5.56. The zero-order valence-corrected chi connectivity index (χ0v) is 11.6. The van der Waals surface area contributed by atoms with E-state index in [0.717, 1.165) is 0 Å². The molecule has 0 bridgehead atoms. The van der Waals surface area contributed by atoms with Crippen molar-refractivity contribution in [2.24, 2.45) is 11.8 Å². The van der Waals surface area contributed by atoms with Gasteiger partial charge in [0.15, 0.2) is 6.10 Å². The number of aliphatic carboxylic acids is 1. The highest BCUT2D eigenvalue weighted by Crippen LogP contribution is 2.44. The first-order valence-electron chi connectivity index (χ1n) is 6.55. The quantitative estimate of drug-likeness (QED) is 0.795. The van der Waals surface area contributed by atoms with Crippen LogP contribution < -0.4 is 0 Å². The van der Waals surface area contributed by atoms with Crippen molar-refractivity contribution in [1.29, 1.82) is 0 Å². The van der Waals surface area contributed by atoms with Crippen molar-refractivity contribution in [3.05, 3.63) is 11.6 Å². The number of fused-ring (bicyclic) bond motifs is 1. The Labute approximate surface area is 119 Å². The van der Waals surface area contributed by atoms with Gasteiger partial charge in [-0.2, -0.15) is 13.2 Å². The van der Waals surface area contributed by atoms with Crippen LogP contribution in [0.4, 0.5) is 13.2 Å². The van der Waals surface area contributed by atoms with Crippen molar-refractivity contribution in [3.63, 3.8) is 0 Å². The summed E-state index contributed by atoms with van der Waals surface area (Å²) in [5.74, 6) is -2.02. The van der Waals surface area contributed by atoms with E-state index < -0.39 is 29.9 Å². The summed E-state index contributed by atoms with van der Waals surface area (Å²) in [6.45, 7) is 1.87. The lowest BCUT2D eigenvalue weighted by Gasteiger charge is -2.43. The summed E-state index contributed by atoms with van der Waals surface area (Å²) >= 11 is 6.11. The van der Waals surface area contributed by atoms with Crippen LogP contribution in [0, 0.1) is 11.8 Å². The number of halogens is 4. The van der Waals surface area contributed by atoms with Crippen molar-refractivity contribution in [2.45, 2.75) is 49.9 Å². The Morgan fingerprint density at radius 2 is 2.15 bits per heavy atom. The van der Waals surface area contributed by atoms with Gasteiger partial charge in [0.2, 0.25) is 0 Å². The SMILES string of the molecule is CCC1CC(Cl)CC2C=C(C(=O)O)C(C(F)(F)F)OC21. The van der Waals surface area contributed by atoms with Crippen molar-refractivity contribution in [1.82, 2.24) is 0 Å². The van der Waals surface area contributed by atoms with Gasteiger partial charge in [-0.25, -0.2) is 4.79 Å². The number of alkyl halides is 4. The average Bonchev–Trinajstić information content (AvgIpc) is 2.34. The number of rotatable bonds is 2. The molecule has 0 saturated heterocycles. The molecule has 0 aromatic heterocycles. The minimum atomic E-state index is -4.72. The molecule has 5 unspecified atom stereocenters. The minimum absolute atomic E-state index is 0.0762. The molecule has 2 aliphatic rings. The summed E-state index contributed by atoms with van der Waals surface area (Å²) in [6.07, 6.45) is -4.76. The van der Waals surface area contributed by atoms with E-state index in [1.165, 1.54) is 6.08 Å². The number of hydrogen-bond acceptors (Lipinski definition) is 2. The standard InChI is InChI=1S/C13H16ClF3O3/c1-2-6-3-8(14)4-7-5-9(12(18)19)11(13(15,16)17)20-10(6)7/h5-8,10-11H,2-4H2,1H3,(H,18,19). The summed E-state index contributed by atoms with van der Waals surface area (Å²) in [5.41, 5.74) is -0.723. The highest BCUT2D eigenvalue weighted by Gasteiger charge is 2.52. The van der Waals surface area contributed by atoms with Crippen molar-refractivity contribution < 1.29 is 27.8 Å². The largest absolute Gasteiger partial charge is 0.478 e. The molecular formula is C13H16ClF3O3. The second-order valence-electron chi connectivity index (χ2n) is 5.35. The van der Waals surface area contributed by atoms with E-state index in [-0.39, 0.29) is 17.2 Å². The van der Waals surface area contributed by atoms with Crippen LogP contribution in [0.2, 0.25) is 0 Å². The van der Waals surface area contributed by atoms with Gasteiger partial charge in [0.1, 0.15) is 0 Å². The van der Waals surface area contributed by atoms with Gasteiger partial charge in [0.05, 0.1) is 11.7 Å². The molecule has 20 heavy (non-hydrogen) atoms. The van der Waals surface area contributed by atoms with Gasteiger partial charge < -0.3 is 9.84 Å². The fourth-order valence-electron chi connectivity index (χ4n) is 3.10. The first-order valence-corrected chi connectivity index (χ1v) is 6.99.